The Kier molecular flexibility index (Phi) is 4.42. The van der Waals surface area contributed by atoms with Crippen molar-refractivity contribution < 1.29 is 19.7 Å². The van der Waals surface area contributed by atoms with Crippen molar-refractivity contribution in [2.45, 2.75) is 24.7 Å². The zero-order chi connectivity index (χ0) is 16.4. The molecule has 0 saturated carbocycles. The quantitative estimate of drug-likeness (QED) is 0.772. The van der Waals surface area contributed by atoms with E-state index in [4.69, 9.17) is 20.3 Å². The Hall–Kier alpha value is -2.22. The lowest BCUT2D eigenvalue weighted by Gasteiger charge is -2.30. The Morgan fingerprint density at radius 3 is 2.87 bits per heavy atom. The normalized spacial score (nSPS) is 21.2. The molecule has 0 aliphatic carbocycles. The lowest BCUT2D eigenvalue weighted by atomic mass is 9.96. The van der Waals surface area contributed by atoms with E-state index in [9.17, 15) is 5.11 Å². The number of ether oxygens (including phenoxy) is 2. The maximum absolute atomic E-state index is 9.54. The Labute approximate surface area is 133 Å². The highest BCUT2D eigenvalue weighted by molar-refractivity contribution is 5.44. The molecule has 3 rings (SSSR count). The van der Waals surface area contributed by atoms with E-state index in [0.29, 0.717) is 29.3 Å². The molecule has 7 heteroatoms. The van der Waals surface area contributed by atoms with Crippen LogP contribution in [0.4, 0.5) is 0 Å². The number of methoxy groups -OCH3 is 1. The molecule has 1 aliphatic rings. The Morgan fingerprint density at radius 2 is 2.22 bits per heavy atom. The summed E-state index contributed by atoms with van der Waals surface area (Å²) in [5, 5.41) is 18.5. The summed E-state index contributed by atoms with van der Waals surface area (Å²) in [6, 6.07) is 5.40. The number of benzene rings is 1. The third kappa shape index (κ3) is 3.12. The van der Waals surface area contributed by atoms with E-state index < -0.39 is 12.7 Å². The van der Waals surface area contributed by atoms with Crippen molar-refractivity contribution in [2.24, 2.45) is 5.73 Å². The van der Waals surface area contributed by atoms with Crippen LogP contribution in [-0.2, 0) is 0 Å². The van der Waals surface area contributed by atoms with Crippen LogP contribution in [0.2, 0.25) is 0 Å². The van der Waals surface area contributed by atoms with Gasteiger partial charge in [0, 0.05) is 24.1 Å². The second kappa shape index (κ2) is 6.49. The molecule has 0 fully saturated rings. The largest absolute Gasteiger partial charge is 0.497 e. The summed E-state index contributed by atoms with van der Waals surface area (Å²) in [5.74, 6) is 1.37. The molecule has 1 unspecified atom stereocenters. The van der Waals surface area contributed by atoms with Gasteiger partial charge in [-0.25, -0.2) is 0 Å². The summed E-state index contributed by atoms with van der Waals surface area (Å²) in [4.78, 5) is 8.40. The van der Waals surface area contributed by atoms with Crippen LogP contribution in [0.25, 0.3) is 0 Å². The van der Waals surface area contributed by atoms with Gasteiger partial charge in [-0.15, -0.1) is 0 Å². The van der Waals surface area contributed by atoms with Crippen LogP contribution in [0.15, 0.2) is 30.6 Å². The first-order valence-corrected chi connectivity index (χ1v) is 7.33. The third-order valence-corrected chi connectivity index (χ3v) is 3.89. The van der Waals surface area contributed by atoms with Crippen molar-refractivity contribution in [1.82, 2.24) is 9.97 Å². The number of aliphatic hydroxyl groups is 2. The Bertz CT molecular complexity index is 678. The highest BCUT2D eigenvalue weighted by Crippen LogP contribution is 2.40. The van der Waals surface area contributed by atoms with Gasteiger partial charge in [-0.2, -0.15) is 0 Å². The van der Waals surface area contributed by atoms with E-state index in [1.54, 1.807) is 13.2 Å². The third-order valence-electron chi connectivity index (χ3n) is 3.89. The fourth-order valence-electron chi connectivity index (χ4n) is 2.57. The molecule has 1 aliphatic heterocycles. The van der Waals surface area contributed by atoms with E-state index in [2.05, 4.69) is 9.97 Å². The second-order valence-corrected chi connectivity index (χ2v) is 5.42. The molecule has 0 spiro atoms. The predicted octanol–water partition coefficient (Wildman–Crippen LogP) is 1.03. The number of hydrogen-bond donors (Lipinski definition) is 3. The molecule has 7 nitrogen and oxygen atoms in total. The fourth-order valence-corrected chi connectivity index (χ4v) is 2.57. The fraction of sp³-hybridized carbons (Fsp3) is 0.375. The lowest BCUT2D eigenvalue weighted by Crippen LogP contribution is -2.25. The Morgan fingerprint density at radius 1 is 1.39 bits per heavy atom. The molecule has 122 valence electrons. The molecule has 0 saturated heterocycles. The Balaban J connectivity index is 1.84. The minimum Gasteiger partial charge on any atom is -0.497 e. The van der Waals surface area contributed by atoms with Gasteiger partial charge in [-0.1, -0.05) is 6.07 Å². The van der Waals surface area contributed by atoms with Crippen LogP contribution in [0.1, 0.15) is 41.6 Å². The number of nitrogens with zero attached hydrogens (tertiary/aromatic N) is 2. The molecular formula is C16H19N3O4. The summed E-state index contributed by atoms with van der Waals surface area (Å²) in [7, 11) is 1.60. The molecule has 0 radical (unpaired) electrons. The van der Waals surface area contributed by atoms with Crippen LogP contribution in [0, 0.1) is 0 Å². The van der Waals surface area contributed by atoms with E-state index in [0.717, 1.165) is 5.56 Å². The van der Waals surface area contributed by atoms with Gasteiger partial charge in [-0.3, -0.25) is 9.97 Å². The number of nitrogens with two attached hydrogens (primary N) is 1. The minimum absolute atomic E-state index is 0.167. The van der Waals surface area contributed by atoms with Gasteiger partial charge in [0.15, 0.2) is 0 Å². The average Bonchev–Trinajstić information content (AvgIpc) is 2.60. The molecule has 2 aromatic rings. The zero-order valence-corrected chi connectivity index (χ0v) is 12.7. The predicted molar refractivity (Wildman–Crippen MR) is 82.0 cm³/mol. The van der Waals surface area contributed by atoms with Gasteiger partial charge < -0.3 is 25.4 Å². The smallest absolute Gasteiger partial charge is 0.144 e. The van der Waals surface area contributed by atoms with Gasteiger partial charge in [0.25, 0.3) is 0 Å². The summed E-state index contributed by atoms with van der Waals surface area (Å²) >= 11 is 0. The molecule has 23 heavy (non-hydrogen) atoms. The van der Waals surface area contributed by atoms with Gasteiger partial charge in [0.2, 0.25) is 0 Å². The maximum atomic E-state index is 9.54. The summed E-state index contributed by atoms with van der Waals surface area (Å²) in [6.07, 6.45) is 2.20. The first-order valence-electron chi connectivity index (χ1n) is 7.33. The van der Waals surface area contributed by atoms with Gasteiger partial charge in [-0.05, 0) is 6.07 Å². The van der Waals surface area contributed by atoms with E-state index in [-0.39, 0.29) is 12.1 Å². The van der Waals surface area contributed by atoms with Gasteiger partial charge >= 0.3 is 0 Å². The molecular weight excluding hydrogens is 298 g/mol. The monoisotopic (exact) mass is 317 g/mol. The number of aromatic nitrogens is 2. The number of hydrogen-bond acceptors (Lipinski definition) is 7. The van der Waals surface area contributed by atoms with Crippen LogP contribution < -0.4 is 15.2 Å². The highest BCUT2D eigenvalue weighted by Gasteiger charge is 2.28. The van der Waals surface area contributed by atoms with E-state index >= 15 is 0 Å². The average molecular weight is 317 g/mol. The van der Waals surface area contributed by atoms with Crippen LogP contribution in [0.3, 0.4) is 0 Å². The van der Waals surface area contributed by atoms with E-state index in [1.165, 1.54) is 12.4 Å². The maximum Gasteiger partial charge on any atom is 0.144 e. The SMILES string of the molecule is COc1ccc2c(c1)O[C@@H](c1cnc(C(O)CO)cn1)C[C@H]2N. The first kappa shape index (κ1) is 15.7. The number of fused-ring (bicyclic) bond motifs is 1. The number of rotatable bonds is 4. The van der Waals surface area contributed by atoms with Crippen molar-refractivity contribution in [3.63, 3.8) is 0 Å². The van der Waals surface area contributed by atoms with Crippen molar-refractivity contribution in [3.8, 4) is 11.5 Å². The molecule has 4 N–H and O–H groups in total. The summed E-state index contributed by atoms with van der Waals surface area (Å²) in [5.41, 5.74) is 8.10. The molecule has 1 aromatic heterocycles. The van der Waals surface area contributed by atoms with Gasteiger partial charge in [0.1, 0.15) is 23.7 Å². The topological polar surface area (TPSA) is 111 Å². The summed E-state index contributed by atoms with van der Waals surface area (Å²) < 4.78 is 11.2. The first-order chi connectivity index (χ1) is 11.1. The van der Waals surface area contributed by atoms with Crippen molar-refractivity contribution in [3.05, 3.63) is 47.5 Å². The minimum atomic E-state index is -1.03. The summed E-state index contributed by atoms with van der Waals surface area (Å²) in [6.45, 7) is -0.397. The molecule has 1 aromatic carbocycles. The van der Waals surface area contributed by atoms with Crippen LogP contribution in [-0.4, -0.2) is 33.9 Å². The lowest BCUT2D eigenvalue weighted by molar-refractivity contribution is 0.0916. The standard InChI is InChI=1S/C16H19N3O4/c1-22-9-2-3-10-11(17)5-16(23-15(10)4-9)13-7-18-12(6-19-13)14(21)8-20/h2-4,6-7,11,14,16,20-21H,5,8,17H2,1H3/t11-,14?,16-/m1/s1. The molecule has 2 heterocycles. The molecule has 3 atom stereocenters. The number of aliphatic hydroxyl groups excluding tert-OH is 2. The van der Waals surface area contributed by atoms with Crippen molar-refractivity contribution in [2.75, 3.05) is 13.7 Å². The van der Waals surface area contributed by atoms with Crippen molar-refractivity contribution in [1.29, 1.82) is 0 Å². The zero-order valence-electron chi connectivity index (χ0n) is 12.7. The van der Waals surface area contributed by atoms with Crippen LogP contribution >= 0.6 is 0 Å². The van der Waals surface area contributed by atoms with Gasteiger partial charge in [0.05, 0.1) is 37.5 Å². The molecule has 0 amide bonds. The van der Waals surface area contributed by atoms with Crippen LogP contribution in [0.5, 0.6) is 11.5 Å². The molecule has 0 bridgehead atoms. The second-order valence-electron chi connectivity index (χ2n) is 5.42. The van der Waals surface area contributed by atoms with E-state index in [1.807, 2.05) is 12.1 Å². The highest BCUT2D eigenvalue weighted by atomic mass is 16.5. The van der Waals surface area contributed by atoms with Crippen molar-refractivity contribution >= 4 is 0 Å².